The van der Waals surface area contributed by atoms with Crippen LogP contribution in [0.25, 0.3) is 0 Å². The summed E-state index contributed by atoms with van der Waals surface area (Å²) in [5, 5.41) is 10.4. The zero-order valence-electron chi connectivity index (χ0n) is 11.4. The van der Waals surface area contributed by atoms with Gasteiger partial charge in [-0.2, -0.15) is 0 Å². The Labute approximate surface area is 118 Å². The maximum Gasteiger partial charge on any atom is 0.126 e. The van der Waals surface area contributed by atoms with Crippen LogP contribution < -0.4 is 4.74 Å². The topological polar surface area (TPSA) is 41.9 Å². The highest BCUT2D eigenvalue weighted by Crippen LogP contribution is 2.29. The summed E-state index contributed by atoms with van der Waals surface area (Å²) in [5.41, 5.74) is 0. The first-order valence-electron chi connectivity index (χ1n) is 7.16. The molecule has 0 radical (unpaired) electrons. The van der Waals surface area contributed by atoms with Crippen molar-refractivity contribution in [3.63, 3.8) is 0 Å². The number of benzene rings is 1. The number of nitrogens with zero attached hydrogens (tertiary/aromatic N) is 1. The van der Waals surface area contributed by atoms with Crippen LogP contribution in [0.5, 0.6) is 5.75 Å². The summed E-state index contributed by atoms with van der Waals surface area (Å²) in [6.45, 7) is 3.15. The SMILES string of the molecule is O[C@H]1[C@H](N2CCOCC2)CC[C@H]1Oc1cccc(F)c1. The number of aliphatic hydroxyl groups is 1. The van der Waals surface area contributed by atoms with Gasteiger partial charge in [-0.3, -0.25) is 4.90 Å². The molecule has 110 valence electrons. The van der Waals surface area contributed by atoms with Gasteiger partial charge in [-0.05, 0) is 25.0 Å². The molecule has 0 bridgehead atoms. The largest absolute Gasteiger partial charge is 0.488 e. The second-order valence-corrected chi connectivity index (χ2v) is 5.40. The first kappa shape index (κ1) is 13.8. The fraction of sp³-hybridized carbons (Fsp3) is 0.600. The van der Waals surface area contributed by atoms with Crippen molar-refractivity contribution in [2.45, 2.75) is 31.1 Å². The highest BCUT2D eigenvalue weighted by Gasteiger charge is 2.40. The fourth-order valence-corrected chi connectivity index (χ4v) is 3.08. The van der Waals surface area contributed by atoms with Gasteiger partial charge < -0.3 is 14.6 Å². The molecule has 1 aromatic carbocycles. The van der Waals surface area contributed by atoms with Crippen molar-refractivity contribution >= 4 is 0 Å². The van der Waals surface area contributed by atoms with E-state index in [1.165, 1.54) is 12.1 Å². The monoisotopic (exact) mass is 281 g/mol. The molecule has 1 saturated heterocycles. The Balaban J connectivity index is 1.61. The molecule has 2 fully saturated rings. The predicted molar refractivity (Wildman–Crippen MR) is 72.2 cm³/mol. The van der Waals surface area contributed by atoms with Crippen LogP contribution >= 0.6 is 0 Å². The van der Waals surface area contributed by atoms with Crippen molar-refractivity contribution in [1.82, 2.24) is 4.90 Å². The highest BCUT2D eigenvalue weighted by atomic mass is 19.1. The van der Waals surface area contributed by atoms with Gasteiger partial charge in [0.1, 0.15) is 23.8 Å². The van der Waals surface area contributed by atoms with Crippen LogP contribution in [-0.4, -0.2) is 54.6 Å². The maximum absolute atomic E-state index is 13.1. The average molecular weight is 281 g/mol. The van der Waals surface area contributed by atoms with Gasteiger partial charge in [-0.15, -0.1) is 0 Å². The predicted octanol–water partition coefficient (Wildman–Crippen LogP) is 1.43. The standard InChI is InChI=1S/C15H20FNO3/c16-11-2-1-3-12(10-11)20-14-5-4-13(15(14)18)17-6-8-19-9-7-17/h1-3,10,13-15,18H,4-9H2/t13-,14-,15+/m1/s1. The van der Waals surface area contributed by atoms with Gasteiger partial charge in [0.05, 0.1) is 13.2 Å². The van der Waals surface area contributed by atoms with Crippen molar-refractivity contribution in [2.24, 2.45) is 0 Å². The van der Waals surface area contributed by atoms with Gasteiger partial charge in [0.25, 0.3) is 0 Å². The third-order valence-electron chi connectivity index (χ3n) is 4.12. The number of halogens is 1. The maximum atomic E-state index is 13.1. The normalized spacial score (nSPS) is 31.4. The number of ether oxygens (including phenoxy) is 2. The summed E-state index contributed by atoms with van der Waals surface area (Å²) in [5.74, 6) is 0.163. The molecule has 3 atom stereocenters. The number of morpholine rings is 1. The minimum Gasteiger partial charge on any atom is -0.488 e. The molecule has 0 aromatic heterocycles. The zero-order valence-corrected chi connectivity index (χ0v) is 11.4. The molecule has 4 nitrogen and oxygen atoms in total. The Bertz CT molecular complexity index is 450. The second kappa shape index (κ2) is 6.08. The van der Waals surface area contributed by atoms with Crippen molar-refractivity contribution in [3.05, 3.63) is 30.1 Å². The van der Waals surface area contributed by atoms with Gasteiger partial charge >= 0.3 is 0 Å². The first-order valence-corrected chi connectivity index (χ1v) is 7.16. The van der Waals surface area contributed by atoms with Gasteiger partial charge in [-0.25, -0.2) is 4.39 Å². The Kier molecular flexibility index (Phi) is 4.19. The molecule has 20 heavy (non-hydrogen) atoms. The first-order chi connectivity index (χ1) is 9.74. The molecular formula is C15H20FNO3. The van der Waals surface area contributed by atoms with E-state index in [9.17, 15) is 9.50 Å². The lowest BCUT2D eigenvalue weighted by Gasteiger charge is -2.34. The van der Waals surface area contributed by atoms with Crippen LogP contribution in [0, 0.1) is 5.82 Å². The zero-order chi connectivity index (χ0) is 13.9. The molecule has 1 N–H and O–H groups in total. The Morgan fingerprint density at radius 3 is 2.80 bits per heavy atom. The molecule has 1 saturated carbocycles. The van der Waals surface area contributed by atoms with E-state index < -0.39 is 6.10 Å². The molecule has 0 spiro atoms. The lowest BCUT2D eigenvalue weighted by atomic mass is 10.1. The van der Waals surface area contributed by atoms with Crippen LogP contribution in [0.3, 0.4) is 0 Å². The number of hydrogen-bond donors (Lipinski definition) is 1. The summed E-state index contributed by atoms with van der Waals surface area (Å²) >= 11 is 0. The molecule has 1 aliphatic carbocycles. The van der Waals surface area contributed by atoms with Crippen LogP contribution in [-0.2, 0) is 4.74 Å². The van der Waals surface area contributed by atoms with Crippen molar-refractivity contribution in [1.29, 1.82) is 0 Å². The van der Waals surface area contributed by atoms with Crippen LogP contribution in [0.2, 0.25) is 0 Å². The van der Waals surface area contributed by atoms with E-state index in [2.05, 4.69) is 4.90 Å². The van der Waals surface area contributed by atoms with E-state index in [1.807, 2.05) is 0 Å². The van der Waals surface area contributed by atoms with E-state index in [0.717, 1.165) is 39.1 Å². The summed E-state index contributed by atoms with van der Waals surface area (Å²) in [7, 11) is 0. The summed E-state index contributed by atoms with van der Waals surface area (Å²) in [6.07, 6.45) is 0.905. The molecule has 5 heteroatoms. The van der Waals surface area contributed by atoms with Gasteiger partial charge in [0.2, 0.25) is 0 Å². The Hall–Kier alpha value is -1.17. The third-order valence-corrected chi connectivity index (χ3v) is 4.12. The molecule has 3 rings (SSSR count). The smallest absolute Gasteiger partial charge is 0.126 e. The Morgan fingerprint density at radius 2 is 2.05 bits per heavy atom. The molecule has 2 aliphatic rings. The summed E-state index contributed by atoms with van der Waals surface area (Å²) in [4.78, 5) is 2.27. The van der Waals surface area contributed by atoms with Crippen LogP contribution in [0.15, 0.2) is 24.3 Å². The second-order valence-electron chi connectivity index (χ2n) is 5.40. The molecule has 1 aliphatic heterocycles. The third kappa shape index (κ3) is 2.95. The van der Waals surface area contributed by atoms with Crippen LogP contribution in [0.1, 0.15) is 12.8 Å². The van der Waals surface area contributed by atoms with Crippen molar-refractivity contribution in [3.8, 4) is 5.75 Å². The minimum atomic E-state index is -0.531. The molecule has 0 amide bonds. The van der Waals surface area contributed by atoms with E-state index in [4.69, 9.17) is 9.47 Å². The van der Waals surface area contributed by atoms with Gasteiger partial charge in [-0.1, -0.05) is 6.07 Å². The van der Waals surface area contributed by atoms with Gasteiger partial charge in [0.15, 0.2) is 0 Å². The number of hydrogen-bond acceptors (Lipinski definition) is 4. The minimum absolute atomic E-state index is 0.123. The van der Waals surface area contributed by atoms with E-state index in [0.29, 0.717) is 5.75 Å². The Morgan fingerprint density at radius 1 is 1.25 bits per heavy atom. The van der Waals surface area contributed by atoms with Crippen molar-refractivity contribution in [2.75, 3.05) is 26.3 Å². The number of aliphatic hydroxyl groups excluding tert-OH is 1. The lowest BCUT2D eigenvalue weighted by molar-refractivity contribution is -0.0313. The molecule has 0 unspecified atom stereocenters. The molecular weight excluding hydrogens is 261 g/mol. The van der Waals surface area contributed by atoms with Crippen LogP contribution in [0.4, 0.5) is 4.39 Å². The fourth-order valence-electron chi connectivity index (χ4n) is 3.08. The van der Waals surface area contributed by atoms with E-state index in [1.54, 1.807) is 12.1 Å². The lowest BCUT2D eigenvalue weighted by Crippen LogP contribution is -2.49. The quantitative estimate of drug-likeness (QED) is 0.910. The van der Waals surface area contributed by atoms with E-state index >= 15 is 0 Å². The van der Waals surface area contributed by atoms with Crippen molar-refractivity contribution < 1.29 is 19.0 Å². The number of rotatable bonds is 3. The average Bonchev–Trinajstić information content (AvgIpc) is 2.81. The highest BCUT2D eigenvalue weighted by molar-refractivity contribution is 5.23. The summed E-state index contributed by atoms with van der Waals surface area (Å²) in [6, 6.07) is 6.20. The molecule has 1 aromatic rings. The van der Waals surface area contributed by atoms with Gasteiger partial charge in [0, 0.05) is 25.2 Å². The molecule has 1 heterocycles. The summed E-state index contributed by atoms with van der Waals surface area (Å²) < 4.78 is 24.2. The van der Waals surface area contributed by atoms with E-state index in [-0.39, 0.29) is 18.0 Å².